The SMILES string of the molecule is CC(C)(C)OC(=O)N1CCC(C=Cc2nccc3c2CN(C2CCC(=O)NC2=O)C3=O)CC1. The minimum atomic E-state index is -0.642. The van der Waals surface area contributed by atoms with Gasteiger partial charge in [0.25, 0.3) is 5.91 Å². The van der Waals surface area contributed by atoms with E-state index in [0.717, 1.165) is 18.4 Å². The molecule has 1 unspecified atom stereocenters. The molecule has 9 heteroatoms. The Morgan fingerprint density at radius 2 is 1.91 bits per heavy atom. The summed E-state index contributed by atoms with van der Waals surface area (Å²) in [6.07, 6.45) is 7.57. The Balaban J connectivity index is 1.40. The quantitative estimate of drug-likeness (QED) is 0.703. The number of hydrogen-bond donors (Lipinski definition) is 1. The number of hydrogen-bond acceptors (Lipinski definition) is 6. The molecule has 33 heavy (non-hydrogen) atoms. The molecule has 1 aromatic heterocycles. The van der Waals surface area contributed by atoms with Crippen molar-refractivity contribution in [1.82, 2.24) is 20.1 Å². The van der Waals surface area contributed by atoms with Crippen molar-refractivity contribution in [2.24, 2.45) is 5.92 Å². The van der Waals surface area contributed by atoms with Crippen molar-refractivity contribution in [3.8, 4) is 0 Å². The molecule has 4 rings (SSSR count). The lowest BCUT2D eigenvalue weighted by atomic mass is 9.96. The summed E-state index contributed by atoms with van der Waals surface area (Å²) in [5, 5.41) is 2.32. The second-order valence-corrected chi connectivity index (χ2v) is 9.79. The largest absolute Gasteiger partial charge is 0.444 e. The van der Waals surface area contributed by atoms with Gasteiger partial charge in [-0.1, -0.05) is 6.08 Å². The summed E-state index contributed by atoms with van der Waals surface area (Å²) in [7, 11) is 0. The van der Waals surface area contributed by atoms with Gasteiger partial charge in [-0.15, -0.1) is 0 Å². The van der Waals surface area contributed by atoms with E-state index in [0.29, 0.717) is 43.2 Å². The Morgan fingerprint density at radius 1 is 1.18 bits per heavy atom. The molecule has 2 fully saturated rings. The minimum absolute atomic E-state index is 0.206. The van der Waals surface area contributed by atoms with Crippen LogP contribution in [0.25, 0.3) is 6.08 Å². The molecular formula is C24H30N4O5. The Labute approximate surface area is 193 Å². The molecule has 3 aliphatic heterocycles. The fourth-order valence-electron chi connectivity index (χ4n) is 4.48. The van der Waals surface area contributed by atoms with Crippen molar-refractivity contribution < 1.29 is 23.9 Å². The van der Waals surface area contributed by atoms with Crippen molar-refractivity contribution in [3.63, 3.8) is 0 Å². The first-order chi connectivity index (χ1) is 15.6. The monoisotopic (exact) mass is 454 g/mol. The highest BCUT2D eigenvalue weighted by Crippen LogP contribution is 2.30. The van der Waals surface area contributed by atoms with E-state index in [9.17, 15) is 19.2 Å². The molecule has 2 saturated heterocycles. The third-order valence-electron chi connectivity index (χ3n) is 6.21. The predicted molar refractivity (Wildman–Crippen MR) is 120 cm³/mol. The van der Waals surface area contributed by atoms with Crippen LogP contribution in [0.5, 0.6) is 0 Å². The number of ether oxygens (including phenoxy) is 1. The van der Waals surface area contributed by atoms with E-state index in [-0.39, 0.29) is 24.3 Å². The molecule has 1 aromatic rings. The van der Waals surface area contributed by atoms with Crippen molar-refractivity contribution in [3.05, 3.63) is 35.2 Å². The molecule has 0 radical (unpaired) electrons. The van der Waals surface area contributed by atoms with Crippen LogP contribution in [0.1, 0.15) is 68.1 Å². The van der Waals surface area contributed by atoms with Crippen molar-refractivity contribution in [1.29, 1.82) is 0 Å². The van der Waals surface area contributed by atoms with E-state index >= 15 is 0 Å². The Bertz CT molecular complexity index is 1000. The van der Waals surface area contributed by atoms with E-state index in [1.165, 1.54) is 4.90 Å². The number of nitrogens with zero attached hydrogens (tertiary/aromatic N) is 3. The van der Waals surface area contributed by atoms with Gasteiger partial charge in [0.1, 0.15) is 11.6 Å². The van der Waals surface area contributed by atoms with Crippen LogP contribution in [0, 0.1) is 5.92 Å². The van der Waals surface area contributed by atoms with Crippen LogP contribution in [-0.2, 0) is 20.9 Å². The molecule has 1 N–H and O–H groups in total. The molecule has 3 aliphatic rings. The zero-order valence-corrected chi connectivity index (χ0v) is 19.3. The summed E-state index contributed by atoms with van der Waals surface area (Å²) in [6.45, 7) is 7.14. The minimum Gasteiger partial charge on any atom is -0.444 e. The maximum absolute atomic E-state index is 12.9. The number of pyridine rings is 1. The molecule has 1 atom stereocenters. The zero-order chi connectivity index (χ0) is 23.8. The molecule has 0 spiro atoms. The summed E-state index contributed by atoms with van der Waals surface area (Å²) in [5.41, 5.74) is 1.56. The molecule has 4 amide bonds. The number of rotatable bonds is 3. The predicted octanol–water partition coefficient (Wildman–Crippen LogP) is 2.50. The normalized spacial score (nSPS) is 22.0. The number of allylic oxidation sites excluding steroid dienone is 1. The van der Waals surface area contributed by atoms with E-state index in [1.54, 1.807) is 17.2 Å². The highest BCUT2D eigenvalue weighted by Gasteiger charge is 2.40. The molecule has 0 bridgehead atoms. The van der Waals surface area contributed by atoms with Gasteiger partial charge < -0.3 is 14.5 Å². The summed E-state index contributed by atoms with van der Waals surface area (Å²) in [4.78, 5) is 56.6. The average Bonchev–Trinajstić information content (AvgIpc) is 3.08. The topological polar surface area (TPSA) is 109 Å². The van der Waals surface area contributed by atoms with Crippen molar-refractivity contribution >= 4 is 29.9 Å². The summed E-state index contributed by atoms with van der Waals surface area (Å²) >= 11 is 0. The lowest BCUT2D eigenvalue weighted by molar-refractivity contribution is -0.136. The Hall–Kier alpha value is -3.23. The highest BCUT2D eigenvalue weighted by molar-refractivity contribution is 6.05. The number of fused-ring (bicyclic) bond motifs is 1. The summed E-state index contributed by atoms with van der Waals surface area (Å²) in [5.74, 6) is -0.635. The number of amides is 4. The van der Waals surface area contributed by atoms with Gasteiger partial charge in [0.05, 0.1) is 5.69 Å². The number of nitrogens with one attached hydrogen (secondary N) is 1. The lowest BCUT2D eigenvalue weighted by Gasteiger charge is -2.32. The standard InChI is InChI=1S/C24H30N4O5/c1-24(2,3)33-23(32)27-12-9-15(10-13-27)4-5-18-17-14-28(22(31)16(17)8-11-25-18)19-6-7-20(29)26-21(19)30/h4-5,8,11,15,19H,6-7,9-10,12-14H2,1-3H3,(H,26,29,30). The van der Waals surface area contributed by atoms with Crippen LogP contribution in [0.15, 0.2) is 18.3 Å². The van der Waals surface area contributed by atoms with Crippen LogP contribution in [0.4, 0.5) is 4.79 Å². The number of carbonyl (C=O) groups is 4. The molecule has 0 aromatic carbocycles. The first kappa shape index (κ1) is 22.9. The average molecular weight is 455 g/mol. The van der Waals surface area contributed by atoms with Crippen LogP contribution in [0.3, 0.4) is 0 Å². The number of aromatic nitrogens is 1. The van der Waals surface area contributed by atoms with Gasteiger partial charge in [-0.25, -0.2) is 4.79 Å². The molecular weight excluding hydrogens is 424 g/mol. The van der Waals surface area contributed by atoms with Crippen LogP contribution >= 0.6 is 0 Å². The molecule has 0 saturated carbocycles. The van der Waals surface area contributed by atoms with Gasteiger partial charge in [-0.05, 0) is 58.1 Å². The first-order valence-electron chi connectivity index (χ1n) is 11.4. The maximum Gasteiger partial charge on any atom is 0.410 e. The maximum atomic E-state index is 12.9. The first-order valence-corrected chi connectivity index (χ1v) is 11.4. The van der Waals surface area contributed by atoms with Gasteiger partial charge in [-0.3, -0.25) is 24.7 Å². The van der Waals surface area contributed by atoms with Gasteiger partial charge in [-0.2, -0.15) is 0 Å². The number of carbonyl (C=O) groups excluding carboxylic acids is 4. The van der Waals surface area contributed by atoms with Crippen LogP contribution < -0.4 is 5.32 Å². The zero-order valence-electron chi connectivity index (χ0n) is 19.3. The number of likely N-dealkylation sites (tertiary alicyclic amines) is 1. The summed E-state index contributed by atoms with van der Waals surface area (Å²) in [6, 6.07) is 1.04. The number of piperidine rings is 2. The van der Waals surface area contributed by atoms with Gasteiger partial charge in [0, 0.05) is 43.4 Å². The summed E-state index contributed by atoms with van der Waals surface area (Å²) < 4.78 is 5.45. The smallest absolute Gasteiger partial charge is 0.410 e. The van der Waals surface area contributed by atoms with Crippen molar-refractivity contribution in [2.75, 3.05) is 13.1 Å². The Morgan fingerprint density at radius 3 is 2.58 bits per heavy atom. The lowest BCUT2D eigenvalue weighted by Crippen LogP contribution is -2.52. The molecule has 9 nitrogen and oxygen atoms in total. The fourth-order valence-corrected chi connectivity index (χ4v) is 4.48. The highest BCUT2D eigenvalue weighted by atomic mass is 16.6. The molecule has 4 heterocycles. The van der Waals surface area contributed by atoms with Crippen LogP contribution in [-0.4, -0.2) is 63.3 Å². The second-order valence-electron chi connectivity index (χ2n) is 9.79. The third kappa shape index (κ3) is 5.07. The molecule has 176 valence electrons. The second kappa shape index (κ2) is 8.96. The third-order valence-corrected chi connectivity index (χ3v) is 6.21. The van der Waals surface area contributed by atoms with Gasteiger partial charge >= 0.3 is 6.09 Å². The fraction of sp³-hybridized carbons (Fsp3) is 0.542. The van der Waals surface area contributed by atoms with E-state index in [4.69, 9.17) is 4.74 Å². The van der Waals surface area contributed by atoms with Crippen LogP contribution in [0.2, 0.25) is 0 Å². The number of imide groups is 1. The van der Waals surface area contributed by atoms with E-state index in [2.05, 4.69) is 16.4 Å². The van der Waals surface area contributed by atoms with E-state index in [1.807, 2.05) is 26.8 Å². The molecule has 0 aliphatic carbocycles. The van der Waals surface area contributed by atoms with Gasteiger partial charge in [0.2, 0.25) is 11.8 Å². The van der Waals surface area contributed by atoms with E-state index < -0.39 is 17.6 Å². The van der Waals surface area contributed by atoms with Crippen molar-refractivity contribution in [2.45, 2.75) is 64.6 Å². The Kier molecular flexibility index (Phi) is 6.23. The van der Waals surface area contributed by atoms with Gasteiger partial charge in [0.15, 0.2) is 0 Å².